The van der Waals surface area contributed by atoms with Gasteiger partial charge in [-0.15, -0.1) is 0 Å². The largest absolute Gasteiger partial charge is 0.378 e. The molecule has 100 valence electrons. The second-order valence-electron chi connectivity index (χ2n) is 4.80. The molecule has 18 heavy (non-hydrogen) atoms. The number of hydrogen-bond donors (Lipinski definition) is 2. The zero-order valence-corrected chi connectivity index (χ0v) is 11.9. The molecule has 0 fully saturated rings. The van der Waals surface area contributed by atoms with Gasteiger partial charge in [0.15, 0.2) is 0 Å². The molecule has 0 aliphatic carbocycles. The monoisotopic (exact) mass is 249 g/mol. The summed E-state index contributed by atoms with van der Waals surface area (Å²) in [5.41, 5.74) is 3.03. The summed E-state index contributed by atoms with van der Waals surface area (Å²) in [6, 6.07) is 6.02. The summed E-state index contributed by atoms with van der Waals surface area (Å²) in [6.07, 6.45) is 0.923. The number of rotatable bonds is 4. The van der Waals surface area contributed by atoms with Crippen molar-refractivity contribution in [2.75, 3.05) is 24.3 Å². The number of urea groups is 1. The molecule has 1 unspecified atom stereocenters. The summed E-state index contributed by atoms with van der Waals surface area (Å²) in [7, 11) is 4.00. The van der Waals surface area contributed by atoms with Crippen molar-refractivity contribution in [2.45, 2.75) is 33.2 Å². The molecule has 1 aromatic carbocycles. The minimum atomic E-state index is -0.148. The minimum Gasteiger partial charge on any atom is -0.378 e. The molecule has 2 amide bonds. The van der Waals surface area contributed by atoms with E-state index in [0.717, 1.165) is 23.4 Å². The summed E-state index contributed by atoms with van der Waals surface area (Å²) < 4.78 is 0. The molecular weight excluding hydrogens is 226 g/mol. The lowest BCUT2D eigenvalue weighted by Crippen LogP contribution is -2.35. The number of anilines is 2. The predicted molar refractivity (Wildman–Crippen MR) is 77.4 cm³/mol. The Kier molecular flexibility index (Phi) is 5.01. The van der Waals surface area contributed by atoms with Gasteiger partial charge in [0.2, 0.25) is 0 Å². The lowest BCUT2D eigenvalue weighted by Gasteiger charge is -2.17. The third-order valence-electron chi connectivity index (χ3n) is 2.96. The highest BCUT2D eigenvalue weighted by Crippen LogP contribution is 2.21. The van der Waals surface area contributed by atoms with Crippen LogP contribution in [0.4, 0.5) is 16.2 Å². The van der Waals surface area contributed by atoms with Crippen molar-refractivity contribution in [1.29, 1.82) is 0 Å². The highest BCUT2D eigenvalue weighted by atomic mass is 16.2. The Morgan fingerprint density at radius 1 is 1.39 bits per heavy atom. The third-order valence-corrected chi connectivity index (χ3v) is 2.96. The molecule has 0 saturated carbocycles. The van der Waals surface area contributed by atoms with Crippen LogP contribution >= 0.6 is 0 Å². The third kappa shape index (κ3) is 3.95. The molecule has 1 rings (SSSR count). The maximum Gasteiger partial charge on any atom is 0.319 e. The van der Waals surface area contributed by atoms with E-state index in [9.17, 15) is 4.79 Å². The van der Waals surface area contributed by atoms with Crippen molar-refractivity contribution < 1.29 is 4.79 Å². The Balaban J connectivity index is 2.71. The number of carbonyl (C=O) groups is 1. The second kappa shape index (κ2) is 6.28. The smallest absolute Gasteiger partial charge is 0.319 e. The van der Waals surface area contributed by atoms with Crippen molar-refractivity contribution in [3.63, 3.8) is 0 Å². The van der Waals surface area contributed by atoms with Crippen LogP contribution in [-0.4, -0.2) is 26.2 Å². The standard InChI is InChI=1S/C14H23N3O/c1-6-11(3)15-14(18)16-13-8-7-12(17(4)5)9-10(13)2/h7-9,11H,6H2,1-5H3,(H2,15,16,18). The van der Waals surface area contributed by atoms with Crippen LogP contribution in [0.25, 0.3) is 0 Å². The quantitative estimate of drug-likeness (QED) is 0.861. The van der Waals surface area contributed by atoms with Gasteiger partial charge in [-0.05, 0) is 44.0 Å². The first-order valence-electron chi connectivity index (χ1n) is 6.29. The van der Waals surface area contributed by atoms with Crippen LogP contribution < -0.4 is 15.5 Å². The van der Waals surface area contributed by atoms with Gasteiger partial charge in [0.1, 0.15) is 0 Å². The number of aryl methyl sites for hydroxylation is 1. The van der Waals surface area contributed by atoms with Crippen LogP contribution in [-0.2, 0) is 0 Å². The maximum atomic E-state index is 11.7. The van der Waals surface area contributed by atoms with Crippen LogP contribution in [0.5, 0.6) is 0 Å². The SMILES string of the molecule is CCC(C)NC(=O)Nc1ccc(N(C)C)cc1C. The molecule has 0 heterocycles. The molecule has 1 aromatic rings. The Bertz CT molecular complexity index is 416. The number of amides is 2. The van der Waals surface area contributed by atoms with Crippen LogP contribution in [0.3, 0.4) is 0 Å². The molecule has 0 bridgehead atoms. The van der Waals surface area contributed by atoms with E-state index < -0.39 is 0 Å². The van der Waals surface area contributed by atoms with Crippen molar-refractivity contribution in [1.82, 2.24) is 5.32 Å². The Hall–Kier alpha value is -1.71. The Morgan fingerprint density at radius 3 is 2.56 bits per heavy atom. The molecular formula is C14H23N3O. The number of nitrogens with zero attached hydrogens (tertiary/aromatic N) is 1. The first-order chi connectivity index (χ1) is 8.43. The minimum absolute atomic E-state index is 0.148. The molecule has 0 spiro atoms. The van der Waals surface area contributed by atoms with E-state index in [1.54, 1.807) is 0 Å². The first-order valence-corrected chi connectivity index (χ1v) is 6.29. The number of carbonyl (C=O) groups excluding carboxylic acids is 1. The van der Waals surface area contributed by atoms with E-state index in [4.69, 9.17) is 0 Å². The highest BCUT2D eigenvalue weighted by molar-refractivity contribution is 5.90. The molecule has 0 aromatic heterocycles. The van der Waals surface area contributed by atoms with E-state index in [2.05, 4.69) is 16.7 Å². The fraction of sp³-hybridized carbons (Fsp3) is 0.500. The highest BCUT2D eigenvalue weighted by Gasteiger charge is 2.07. The van der Waals surface area contributed by atoms with Gasteiger partial charge in [0.25, 0.3) is 0 Å². The van der Waals surface area contributed by atoms with Gasteiger partial charge in [-0.1, -0.05) is 6.92 Å². The van der Waals surface area contributed by atoms with Gasteiger partial charge in [0, 0.05) is 31.5 Å². The van der Waals surface area contributed by atoms with Crippen molar-refractivity contribution in [2.24, 2.45) is 0 Å². The average Bonchev–Trinajstić information content (AvgIpc) is 2.31. The summed E-state index contributed by atoms with van der Waals surface area (Å²) in [6.45, 7) is 6.02. The molecule has 1 atom stereocenters. The normalized spacial score (nSPS) is 11.8. The summed E-state index contributed by atoms with van der Waals surface area (Å²) in [4.78, 5) is 13.8. The van der Waals surface area contributed by atoms with E-state index in [-0.39, 0.29) is 12.1 Å². The van der Waals surface area contributed by atoms with Gasteiger partial charge < -0.3 is 15.5 Å². The molecule has 4 nitrogen and oxygen atoms in total. The van der Waals surface area contributed by atoms with Crippen LogP contribution in [0.15, 0.2) is 18.2 Å². The van der Waals surface area contributed by atoms with E-state index in [0.29, 0.717) is 0 Å². The predicted octanol–water partition coefficient (Wildman–Crippen LogP) is 2.98. The fourth-order valence-electron chi connectivity index (χ4n) is 1.55. The Labute approximate surface area is 109 Å². The molecule has 0 aliphatic rings. The summed E-state index contributed by atoms with van der Waals surface area (Å²) in [5.74, 6) is 0. The fourth-order valence-corrected chi connectivity index (χ4v) is 1.55. The molecule has 0 radical (unpaired) electrons. The van der Waals surface area contributed by atoms with Gasteiger partial charge in [-0.2, -0.15) is 0 Å². The van der Waals surface area contributed by atoms with E-state index in [1.165, 1.54) is 0 Å². The lowest BCUT2D eigenvalue weighted by molar-refractivity contribution is 0.249. The molecule has 0 saturated heterocycles. The van der Waals surface area contributed by atoms with Gasteiger partial charge in [0.05, 0.1) is 0 Å². The number of benzene rings is 1. The maximum absolute atomic E-state index is 11.7. The second-order valence-corrected chi connectivity index (χ2v) is 4.80. The zero-order chi connectivity index (χ0) is 13.7. The van der Waals surface area contributed by atoms with E-state index in [1.807, 2.05) is 51.9 Å². The number of hydrogen-bond acceptors (Lipinski definition) is 2. The van der Waals surface area contributed by atoms with Gasteiger partial charge in [-0.25, -0.2) is 4.79 Å². The van der Waals surface area contributed by atoms with Crippen LogP contribution in [0.1, 0.15) is 25.8 Å². The van der Waals surface area contributed by atoms with Crippen LogP contribution in [0, 0.1) is 6.92 Å². The van der Waals surface area contributed by atoms with Crippen LogP contribution in [0.2, 0.25) is 0 Å². The molecule has 0 aliphatic heterocycles. The molecule has 2 N–H and O–H groups in total. The van der Waals surface area contributed by atoms with Gasteiger partial charge >= 0.3 is 6.03 Å². The summed E-state index contributed by atoms with van der Waals surface area (Å²) in [5, 5.41) is 5.76. The topological polar surface area (TPSA) is 44.4 Å². The summed E-state index contributed by atoms with van der Waals surface area (Å²) >= 11 is 0. The van der Waals surface area contributed by atoms with Crippen molar-refractivity contribution in [3.8, 4) is 0 Å². The molecule has 4 heteroatoms. The van der Waals surface area contributed by atoms with Crippen molar-refractivity contribution >= 4 is 17.4 Å². The van der Waals surface area contributed by atoms with Crippen molar-refractivity contribution in [3.05, 3.63) is 23.8 Å². The van der Waals surface area contributed by atoms with E-state index >= 15 is 0 Å². The van der Waals surface area contributed by atoms with Gasteiger partial charge in [-0.3, -0.25) is 0 Å². The number of nitrogens with one attached hydrogen (secondary N) is 2. The average molecular weight is 249 g/mol. The lowest BCUT2D eigenvalue weighted by atomic mass is 10.1. The zero-order valence-electron chi connectivity index (χ0n) is 11.9. The Morgan fingerprint density at radius 2 is 2.06 bits per heavy atom. The first kappa shape index (κ1) is 14.4.